The van der Waals surface area contributed by atoms with Crippen molar-refractivity contribution in [1.82, 2.24) is 19.4 Å². The molecule has 1 saturated heterocycles. The van der Waals surface area contributed by atoms with Gasteiger partial charge in [0.25, 0.3) is 5.91 Å². The van der Waals surface area contributed by atoms with Crippen LogP contribution in [0, 0.1) is 11.7 Å². The number of ether oxygens (including phenoxy) is 1. The predicted molar refractivity (Wildman–Crippen MR) is 113 cm³/mol. The molecule has 0 N–H and O–H groups in total. The summed E-state index contributed by atoms with van der Waals surface area (Å²) in [5, 5.41) is 0. The van der Waals surface area contributed by atoms with E-state index in [1.807, 2.05) is 11.6 Å². The van der Waals surface area contributed by atoms with Crippen molar-refractivity contribution in [3.05, 3.63) is 53.4 Å². The van der Waals surface area contributed by atoms with Gasteiger partial charge >= 0.3 is 0 Å². The van der Waals surface area contributed by atoms with Crippen molar-refractivity contribution in [3.8, 4) is 0 Å². The van der Waals surface area contributed by atoms with Crippen molar-refractivity contribution in [2.45, 2.75) is 45.4 Å². The van der Waals surface area contributed by atoms with Crippen LogP contribution in [0.25, 0.3) is 0 Å². The van der Waals surface area contributed by atoms with E-state index in [9.17, 15) is 14.0 Å². The molecule has 2 aliphatic heterocycles. The van der Waals surface area contributed by atoms with Crippen molar-refractivity contribution < 1.29 is 18.7 Å². The first-order valence-corrected chi connectivity index (χ1v) is 10.9. The summed E-state index contributed by atoms with van der Waals surface area (Å²) < 4.78 is 21.1. The fraction of sp³-hybridized carbons (Fsp3) is 0.522. The van der Waals surface area contributed by atoms with E-state index in [1.54, 1.807) is 28.3 Å². The molecule has 0 radical (unpaired) electrons. The highest BCUT2D eigenvalue weighted by Gasteiger charge is 2.32. The number of fused-ring (bicyclic) bond motifs is 1. The Kier molecular flexibility index (Phi) is 6.36. The van der Waals surface area contributed by atoms with Crippen molar-refractivity contribution >= 4 is 11.8 Å². The number of halogens is 1. The lowest BCUT2D eigenvalue weighted by Gasteiger charge is -2.33. The van der Waals surface area contributed by atoms with E-state index >= 15 is 0 Å². The van der Waals surface area contributed by atoms with E-state index in [0.29, 0.717) is 38.2 Å². The summed E-state index contributed by atoms with van der Waals surface area (Å²) in [6, 6.07) is 6.28. The van der Waals surface area contributed by atoms with E-state index < -0.39 is 0 Å². The van der Waals surface area contributed by atoms with Crippen LogP contribution in [0.15, 0.2) is 30.6 Å². The molecule has 2 aliphatic rings. The Hall–Kier alpha value is -2.74. The maximum Gasteiger partial charge on any atom is 0.274 e. The molecule has 0 saturated carbocycles. The number of benzene rings is 1. The van der Waals surface area contributed by atoms with Crippen molar-refractivity contribution in [3.63, 3.8) is 0 Å². The number of amides is 2. The third-order valence-corrected chi connectivity index (χ3v) is 6.24. The minimum atomic E-state index is -0.279. The van der Waals surface area contributed by atoms with Gasteiger partial charge in [-0.2, -0.15) is 0 Å². The molecule has 1 aromatic carbocycles. The van der Waals surface area contributed by atoms with Crippen molar-refractivity contribution in [2.75, 3.05) is 26.7 Å². The number of imidazole rings is 1. The minimum absolute atomic E-state index is 0.0173. The van der Waals surface area contributed by atoms with Crippen LogP contribution in [0.2, 0.25) is 0 Å². The Morgan fingerprint density at radius 3 is 2.61 bits per heavy atom. The summed E-state index contributed by atoms with van der Waals surface area (Å²) in [5.74, 6) is -0.228. The molecule has 0 bridgehead atoms. The van der Waals surface area contributed by atoms with Crippen LogP contribution in [0.5, 0.6) is 0 Å². The Balaban J connectivity index is 1.38. The minimum Gasteiger partial charge on any atom is -0.365 e. The van der Waals surface area contributed by atoms with E-state index in [2.05, 4.69) is 11.9 Å². The molecule has 0 spiro atoms. The van der Waals surface area contributed by atoms with Gasteiger partial charge in [-0.05, 0) is 37.0 Å². The van der Waals surface area contributed by atoms with Gasteiger partial charge in [0.05, 0.1) is 25.2 Å². The summed E-state index contributed by atoms with van der Waals surface area (Å²) in [6.45, 7) is 4.74. The highest BCUT2D eigenvalue weighted by atomic mass is 19.1. The summed E-state index contributed by atoms with van der Waals surface area (Å²) in [4.78, 5) is 33.6. The van der Waals surface area contributed by atoms with Gasteiger partial charge in [-0.1, -0.05) is 19.1 Å². The fourth-order valence-corrected chi connectivity index (χ4v) is 4.42. The Bertz CT molecular complexity index is 935. The lowest BCUT2D eigenvalue weighted by atomic mass is 9.95. The lowest BCUT2D eigenvalue weighted by Crippen LogP contribution is -2.44. The maximum absolute atomic E-state index is 13.2. The largest absolute Gasteiger partial charge is 0.365 e. The standard InChI is InChI=1S/C23H29FN4O3/c1-3-10-26(2)22(29)17-8-11-27(12-9-17)23(30)21-19-14-31-20(13-28(19)15-25-21)16-4-6-18(24)7-5-16/h4-7,15,17,20H,3,8-14H2,1-2H3. The number of aromatic nitrogens is 2. The molecule has 1 unspecified atom stereocenters. The van der Waals surface area contributed by atoms with Crippen LogP contribution in [0.1, 0.15) is 54.0 Å². The van der Waals surface area contributed by atoms with E-state index in [0.717, 1.165) is 24.2 Å². The van der Waals surface area contributed by atoms with E-state index in [-0.39, 0.29) is 36.3 Å². The molecule has 8 heteroatoms. The summed E-state index contributed by atoms with van der Waals surface area (Å²) in [7, 11) is 1.85. The van der Waals surface area contributed by atoms with Crippen LogP contribution in [0.3, 0.4) is 0 Å². The topological polar surface area (TPSA) is 67.7 Å². The summed E-state index contributed by atoms with van der Waals surface area (Å²) >= 11 is 0. The molecule has 3 heterocycles. The third-order valence-electron chi connectivity index (χ3n) is 6.24. The highest BCUT2D eigenvalue weighted by molar-refractivity contribution is 5.93. The SMILES string of the molecule is CCCN(C)C(=O)C1CCN(C(=O)c2ncn3c2COC(c2ccc(F)cc2)C3)CC1. The Morgan fingerprint density at radius 2 is 1.94 bits per heavy atom. The number of piperidine rings is 1. The van der Waals surface area contributed by atoms with E-state index in [4.69, 9.17) is 4.74 Å². The zero-order valence-electron chi connectivity index (χ0n) is 18.1. The monoisotopic (exact) mass is 428 g/mol. The van der Waals surface area contributed by atoms with Crippen LogP contribution in [0.4, 0.5) is 4.39 Å². The first kappa shape index (κ1) is 21.5. The number of rotatable bonds is 5. The molecule has 31 heavy (non-hydrogen) atoms. The molecule has 4 rings (SSSR count). The second-order valence-corrected chi connectivity index (χ2v) is 8.37. The molecular formula is C23H29FN4O3. The smallest absolute Gasteiger partial charge is 0.274 e. The number of likely N-dealkylation sites (tertiary alicyclic amines) is 1. The summed E-state index contributed by atoms with van der Waals surface area (Å²) in [5.41, 5.74) is 2.09. The second kappa shape index (κ2) is 9.18. The molecule has 1 aromatic heterocycles. The van der Waals surface area contributed by atoms with Gasteiger partial charge in [0.2, 0.25) is 5.91 Å². The Labute approximate surface area is 181 Å². The van der Waals surface area contributed by atoms with Gasteiger partial charge in [0, 0.05) is 32.6 Å². The molecule has 1 atom stereocenters. The first-order chi connectivity index (χ1) is 15.0. The maximum atomic E-state index is 13.2. The van der Waals surface area contributed by atoms with Crippen LogP contribution >= 0.6 is 0 Å². The molecule has 0 aliphatic carbocycles. The van der Waals surface area contributed by atoms with Crippen molar-refractivity contribution in [2.24, 2.45) is 5.92 Å². The van der Waals surface area contributed by atoms with Crippen LogP contribution in [-0.4, -0.2) is 57.8 Å². The molecule has 1 fully saturated rings. The number of hydrogen-bond acceptors (Lipinski definition) is 4. The van der Waals surface area contributed by atoms with Gasteiger partial charge in [-0.25, -0.2) is 9.37 Å². The van der Waals surface area contributed by atoms with Crippen molar-refractivity contribution in [1.29, 1.82) is 0 Å². The molecule has 166 valence electrons. The Morgan fingerprint density at radius 1 is 1.23 bits per heavy atom. The fourth-order valence-electron chi connectivity index (χ4n) is 4.42. The quantitative estimate of drug-likeness (QED) is 0.734. The van der Waals surface area contributed by atoms with Gasteiger partial charge in [0.1, 0.15) is 11.9 Å². The first-order valence-electron chi connectivity index (χ1n) is 10.9. The highest BCUT2D eigenvalue weighted by Crippen LogP contribution is 2.29. The predicted octanol–water partition coefficient (Wildman–Crippen LogP) is 3.01. The zero-order chi connectivity index (χ0) is 22.0. The van der Waals surface area contributed by atoms with Gasteiger partial charge in [-0.15, -0.1) is 0 Å². The van der Waals surface area contributed by atoms with Gasteiger partial charge in [0.15, 0.2) is 5.69 Å². The molecule has 2 aromatic rings. The molecular weight excluding hydrogens is 399 g/mol. The zero-order valence-corrected chi connectivity index (χ0v) is 18.1. The molecule has 2 amide bonds. The van der Waals surface area contributed by atoms with Crippen LogP contribution in [-0.2, 0) is 22.7 Å². The number of carbonyl (C=O) groups is 2. The lowest BCUT2D eigenvalue weighted by molar-refractivity contribution is -0.135. The van der Waals surface area contributed by atoms with Gasteiger partial charge in [-0.3, -0.25) is 9.59 Å². The van der Waals surface area contributed by atoms with Gasteiger partial charge < -0.3 is 19.1 Å². The normalized spacial score (nSPS) is 19.2. The third kappa shape index (κ3) is 4.49. The average molecular weight is 429 g/mol. The second-order valence-electron chi connectivity index (χ2n) is 8.37. The number of carbonyl (C=O) groups excluding carboxylic acids is 2. The number of nitrogens with zero attached hydrogens (tertiary/aromatic N) is 4. The summed E-state index contributed by atoms with van der Waals surface area (Å²) in [6.07, 6.45) is 3.77. The molecule has 7 nitrogen and oxygen atoms in total. The average Bonchev–Trinajstić information content (AvgIpc) is 3.22. The number of hydrogen-bond donors (Lipinski definition) is 0. The van der Waals surface area contributed by atoms with E-state index in [1.165, 1.54) is 12.1 Å². The van der Waals surface area contributed by atoms with Crippen LogP contribution < -0.4 is 0 Å².